The molecule has 29 heavy (non-hydrogen) atoms. The SMILES string of the molecule is CCc1ccc(NC(=O)c2cc(C(=O)NCCc3ccc(F)cc3)ccn2)cc1. The Kier molecular flexibility index (Phi) is 6.68. The molecule has 148 valence electrons. The zero-order valence-corrected chi connectivity index (χ0v) is 16.1. The summed E-state index contributed by atoms with van der Waals surface area (Å²) in [6.45, 7) is 2.46. The quantitative estimate of drug-likeness (QED) is 0.639. The van der Waals surface area contributed by atoms with Crippen LogP contribution in [0.5, 0.6) is 0 Å². The summed E-state index contributed by atoms with van der Waals surface area (Å²) in [6.07, 6.45) is 2.94. The number of pyridine rings is 1. The van der Waals surface area contributed by atoms with E-state index in [1.807, 2.05) is 24.3 Å². The highest BCUT2D eigenvalue weighted by Gasteiger charge is 2.12. The largest absolute Gasteiger partial charge is 0.352 e. The van der Waals surface area contributed by atoms with Gasteiger partial charge in [0.05, 0.1) is 0 Å². The van der Waals surface area contributed by atoms with Crippen molar-refractivity contribution in [2.75, 3.05) is 11.9 Å². The van der Waals surface area contributed by atoms with Crippen molar-refractivity contribution >= 4 is 17.5 Å². The highest BCUT2D eigenvalue weighted by molar-refractivity contribution is 6.04. The van der Waals surface area contributed by atoms with Crippen molar-refractivity contribution < 1.29 is 14.0 Å². The number of carbonyl (C=O) groups excluding carboxylic acids is 2. The minimum atomic E-state index is -0.379. The van der Waals surface area contributed by atoms with E-state index in [4.69, 9.17) is 0 Å². The second-order valence-electron chi connectivity index (χ2n) is 6.57. The molecular formula is C23H22FN3O2. The number of hydrogen-bond donors (Lipinski definition) is 2. The third-order valence-electron chi connectivity index (χ3n) is 4.49. The summed E-state index contributed by atoms with van der Waals surface area (Å²) in [4.78, 5) is 28.9. The number of amides is 2. The molecule has 0 unspecified atom stereocenters. The number of hydrogen-bond acceptors (Lipinski definition) is 3. The molecule has 5 nitrogen and oxygen atoms in total. The number of carbonyl (C=O) groups is 2. The molecule has 0 fully saturated rings. The number of aromatic nitrogens is 1. The van der Waals surface area contributed by atoms with Crippen molar-refractivity contribution in [3.63, 3.8) is 0 Å². The third kappa shape index (κ3) is 5.72. The Morgan fingerprint density at radius 1 is 0.931 bits per heavy atom. The highest BCUT2D eigenvalue weighted by atomic mass is 19.1. The molecule has 6 heteroatoms. The molecule has 0 atom stereocenters. The van der Waals surface area contributed by atoms with E-state index in [0.29, 0.717) is 24.2 Å². The van der Waals surface area contributed by atoms with Gasteiger partial charge >= 0.3 is 0 Å². The van der Waals surface area contributed by atoms with Crippen LogP contribution in [-0.2, 0) is 12.8 Å². The zero-order chi connectivity index (χ0) is 20.6. The molecule has 1 aromatic heterocycles. The van der Waals surface area contributed by atoms with E-state index in [9.17, 15) is 14.0 Å². The molecular weight excluding hydrogens is 369 g/mol. The van der Waals surface area contributed by atoms with Gasteiger partial charge in [-0.1, -0.05) is 31.2 Å². The molecule has 2 aromatic carbocycles. The summed E-state index contributed by atoms with van der Waals surface area (Å²) in [5.74, 6) is -0.965. The van der Waals surface area contributed by atoms with Gasteiger partial charge in [-0.15, -0.1) is 0 Å². The summed E-state index contributed by atoms with van der Waals surface area (Å²) >= 11 is 0. The van der Waals surface area contributed by atoms with Gasteiger partial charge in [-0.25, -0.2) is 4.39 Å². The van der Waals surface area contributed by atoms with Crippen molar-refractivity contribution in [1.29, 1.82) is 0 Å². The van der Waals surface area contributed by atoms with E-state index in [0.717, 1.165) is 12.0 Å². The van der Waals surface area contributed by atoms with Gasteiger partial charge in [0, 0.05) is 24.0 Å². The number of nitrogens with one attached hydrogen (secondary N) is 2. The van der Waals surface area contributed by atoms with Gasteiger partial charge in [0.25, 0.3) is 11.8 Å². The maximum absolute atomic E-state index is 12.9. The van der Waals surface area contributed by atoms with Crippen molar-refractivity contribution in [1.82, 2.24) is 10.3 Å². The molecule has 0 aliphatic rings. The molecule has 0 aliphatic carbocycles. The van der Waals surface area contributed by atoms with Crippen LogP contribution in [0.25, 0.3) is 0 Å². The molecule has 2 N–H and O–H groups in total. The minimum absolute atomic E-state index is 0.163. The van der Waals surface area contributed by atoms with Crippen molar-refractivity contribution in [3.05, 3.63) is 95.1 Å². The van der Waals surface area contributed by atoms with E-state index in [1.165, 1.54) is 30.0 Å². The molecule has 1 heterocycles. The van der Waals surface area contributed by atoms with Gasteiger partial charge in [-0.05, 0) is 60.4 Å². The monoisotopic (exact) mass is 391 g/mol. The van der Waals surface area contributed by atoms with E-state index in [1.54, 1.807) is 18.2 Å². The maximum atomic E-state index is 12.9. The number of halogens is 1. The number of anilines is 1. The van der Waals surface area contributed by atoms with Crippen molar-refractivity contribution in [3.8, 4) is 0 Å². The molecule has 0 saturated carbocycles. The van der Waals surface area contributed by atoms with Crippen LogP contribution in [0, 0.1) is 5.82 Å². The average molecular weight is 391 g/mol. The summed E-state index contributed by atoms with van der Waals surface area (Å²) in [6, 6.07) is 16.7. The molecule has 0 saturated heterocycles. The van der Waals surface area contributed by atoms with E-state index >= 15 is 0 Å². The number of aryl methyl sites for hydroxylation is 1. The Labute approximate surface area is 169 Å². The van der Waals surface area contributed by atoms with Gasteiger partial charge in [-0.3, -0.25) is 14.6 Å². The predicted molar refractivity (Wildman–Crippen MR) is 110 cm³/mol. The van der Waals surface area contributed by atoms with Gasteiger partial charge in [0.15, 0.2) is 0 Å². The molecule has 0 aliphatic heterocycles. The van der Waals surface area contributed by atoms with E-state index in [2.05, 4.69) is 22.5 Å². The van der Waals surface area contributed by atoms with Crippen molar-refractivity contribution in [2.45, 2.75) is 19.8 Å². The lowest BCUT2D eigenvalue weighted by molar-refractivity contribution is 0.0954. The first-order valence-electron chi connectivity index (χ1n) is 9.44. The van der Waals surface area contributed by atoms with Crippen molar-refractivity contribution in [2.24, 2.45) is 0 Å². The maximum Gasteiger partial charge on any atom is 0.274 e. The molecule has 3 rings (SSSR count). The second-order valence-corrected chi connectivity index (χ2v) is 6.57. The van der Waals surface area contributed by atoms with Crippen LogP contribution in [0.3, 0.4) is 0 Å². The van der Waals surface area contributed by atoms with Crippen LogP contribution in [0.15, 0.2) is 66.9 Å². The lowest BCUT2D eigenvalue weighted by atomic mass is 10.1. The number of rotatable bonds is 7. The fourth-order valence-corrected chi connectivity index (χ4v) is 2.79. The average Bonchev–Trinajstić information content (AvgIpc) is 2.75. The topological polar surface area (TPSA) is 71.1 Å². The van der Waals surface area contributed by atoms with Gasteiger partial charge in [0.2, 0.25) is 0 Å². The normalized spacial score (nSPS) is 10.4. The fraction of sp³-hybridized carbons (Fsp3) is 0.174. The van der Waals surface area contributed by atoms with E-state index in [-0.39, 0.29) is 23.3 Å². The first-order valence-corrected chi connectivity index (χ1v) is 9.44. The minimum Gasteiger partial charge on any atom is -0.352 e. The van der Waals surface area contributed by atoms with Gasteiger partial charge in [0.1, 0.15) is 11.5 Å². The molecule has 3 aromatic rings. The number of benzene rings is 2. The molecule has 2 amide bonds. The lowest BCUT2D eigenvalue weighted by Crippen LogP contribution is -2.26. The molecule has 0 spiro atoms. The first-order chi connectivity index (χ1) is 14.0. The second kappa shape index (κ2) is 9.59. The summed E-state index contributed by atoms with van der Waals surface area (Å²) < 4.78 is 12.9. The molecule has 0 radical (unpaired) electrons. The standard InChI is InChI=1S/C23H22FN3O2/c1-2-16-5-9-20(10-6-16)27-23(29)21-15-18(12-14-25-21)22(28)26-13-11-17-3-7-19(24)8-4-17/h3-10,12,14-15H,2,11,13H2,1H3,(H,26,28)(H,27,29). The highest BCUT2D eigenvalue weighted by Crippen LogP contribution is 2.12. The van der Waals surface area contributed by atoms with E-state index < -0.39 is 0 Å². The van der Waals surface area contributed by atoms with Gasteiger partial charge < -0.3 is 10.6 Å². The smallest absolute Gasteiger partial charge is 0.274 e. The Morgan fingerprint density at radius 3 is 2.31 bits per heavy atom. The Balaban J connectivity index is 1.57. The predicted octanol–water partition coefficient (Wildman–Crippen LogP) is 4.01. The third-order valence-corrected chi connectivity index (χ3v) is 4.49. The Morgan fingerprint density at radius 2 is 1.62 bits per heavy atom. The van der Waals surface area contributed by atoms with Crippen LogP contribution >= 0.6 is 0 Å². The zero-order valence-electron chi connectivity index (χ0n) is 16.1. The van der Waals surface area contributed by atoms with Crippen LogP contribution in [0.2, 0.25) is 0 Å². The number of nitrogens with zero attached hydrogens (tertiary/aromatic N) is 1. The summed E-state index contributed by atoms with van der Waals surface area (Å²) in [7, 11) is 0. The Bertz CT molecular complexity index is 986. The molecule has 0 bridgehead atoms. The van der Waals surface area contributed by atoms with Crippen LogP contribution < -0.4 is 10.6 Å². The van der Waals surface area contributed by atoms with Crippen LogP contribution in [0.1, 0.15) is 38.9 Å². The van der Waals surface area contributed by atoms with Gasteiger partial charge in [-0.2, -0.15) is 0 Å². The first kappa shape index (κ1) is 20.2. The fourth-order valence-electron chi connectivity index (χ4n) is 2.79. The Hall–Kier alpha value is -3.54. The summed E-state index contributed by atoms with van der Waals surface area (Å²) in [5, 5.41) is 5.58. The van der Waals surface area contributed by atoms with Crippen LogP contribution in [0.4, 0.5) is 10.1 Å². The summed E-state index contributed by atoms with van der Waals surface area (Å²) in [5.41, 5.74) is 3.29. The lowest BCUT2D eigenvalue weighted by Gasteiger charge is -2.08. The van der Waals surface area contributed by atoms with Crippen LogP contribution in [-0.4, -0.2) is 23.3 Å².